The highest BCUT2D eigenvalue weighted by Gasteiger charge is 2.31. The predicted molar refractivity (Wildman–Crippen MR) is 112 cm³/mol. The van der Waals surface area contributed by atoms with Crippen LogP contribution >= 0.6 is 0 Å². The van der Waals surface area contributed by atoms with Crippen LogP contribution in [0.25, 0.3) is 10.9 Å². The van der Waals surface area contributed by atoms with Gasteiger partial charge >= 0.3 is 6.36 Å². The fraction of sp³-hybridized carbons (Fsp3) is 0.318. The van der Waals surface area contributed by atoms with Gasteiger partial charge in [0.15, 0.2) is 0 Å². The van der Waals surface area contributed by atoms with Gasteiger partial charge in [-0.15, -0.1) is 13.2 Å². The summed E-state index contributed by atoms with van der Waals surface area (Å²) in [6.07, 6.45) is -2.73. The van der Waals surface area contributed by atoms with Crippen molar-refractivity contribution in [2.45, 2.75) is 25.7 Å². The highest BCUT2D eigenvalue weighted by atomic mass is 19.4. The van der Waals surface area contributed by atoms with E-state index < -0.39 is 6.36 Å². The van der Waals surface area contributed by atoms with E-state index in [9.17, 15) is 13.2 Å². The molecule has 1 aromatic heterocycles. The number of rotatable bonds is 5. The highest BCUT2D eigenvalue weighted by Crippen LogP contribution is 2.33. The van der Waals surface area contributed by atoms with Crippen LogP contribution in [0.2, 0.25) is 0 Å². The van der Waals surface area contributed by atoms with E-state index in [1.54, 1.807) is 6.07 Å². The van der Waals surface area contributed by atoms with Crippen molar-refractivity contribution in [2.24, 2.45) is 5.73 Å². The molecule has 1 aliphatic rings. The number of alkyl halides is 3. The van der Waals surface area contributed by atoms with Crippen LogP contribution in [-0.4, -0.2) is 31.0 Å². The molecule has 0 fully saturated rings. The molecule has 0 saturated carbocycles. The molecule has 0 atom stereocenters. The predicted octanol–water partition coefficient (Wildman–Crippen LogP) is 4.46. The number of pyridine rings is 1. The number of hydrogen-bond donors (Lipinski definition) is 2. The lowest BCUT2D eigenvalue weighted by atomic mass is 10.0. The highest BCUT2D eigenvalue weighted by molar-refractivity contribution is 5.94. The van der Waals surface area contributed by atoms with Gasteiger partial charge in [-0.25, -0.2) is 4.98 Å². The first-order chi connectivity index (χ1) is 14.4. The van der Waals surface area contributed by atoms with Crippen molar-refractivity contribution < 1.29 is 17.9 Å². The molecule has 0 bridgehead atoms. The zero-order chi connectivity index (χ0) is 21.1. The third kappa shape index (κ3) is 4.59. The van der Waals surface area contributed by atoms with Gasteiger partial charge < -0.3 is 20.7 Å². The van der Waals surface area contributed by atoms with Crippen LogP contribution in [-0.2, 0) is 13.0 Å². The third-order valence-corrected chi connectivity index (χ3v) is 5.14. The number of anilines is 2. The Morgan fingerprint density at radius 1 is 1.10 bits per heavy atom. The maximum atomic E-state index is 12.6. The Balaban J connectivity index is 1.72. The fourth-order valence-electron chi connectivity index (χ4n) is 3.80. The minimum atomic E-state index is -4.74. The van der Waals surface area contributed by atoms with E-state index in [0.29, 0.717) is 29.7 Å². The van der Waals surface area contributed by atoms with Crippen LogP contribution in [0.5, 0.6) is 5.75 Å². The van der Waals surface area contributed by atoms with Crippen molar-refractivity contribution in [3.63, 3.8) is 0 Å². The number of halogens is 3. The molecule has 0 spiro atoms. The molecule has 8 heteroatoms. The lowest BCUT2D eigenvalue weighted by Crippen LogP contribution is -2.24. The van der Waals surface area contributed by atoms with E-state index in [2.05, 4.69) is 33.2 Å². The number of ether oxygens (including phenoxy) is 1. The lowest BCUT2D eigenvalue weighted by molar-refractivity contribution is -0.274. The minimum Gasteiger partial charge on any atom is -0.406 e. The molecule has 4 rings (SSSR count). The maximum absolute atomic E-state index is 12.6. The monoisotopic (exact) mass is 416 g/mol. The number of nitrogens with one attached hydrogen (secondary N) is 1. The van der Waals surface area contributed by atoms with Crippen LogP contribution in [0.4, 0.5) is 24.7 Å². The molecule has 3 aromatic rings. The molecule has 1 aliphatic heterocycles. The molecule has 0 saturated heterocycles. The van der Waals surface area contributed by atoms with Gasteiger partial charge in [-0.2, -0.15) is 0 Å². The SMILES string of the molecule is NCCNc1cc(N2CCCc3ccccc3C2)nc2ccc(OC(F)(F)F)cc12. The second-order valence-corrected chi connectivity index (χ2v) is 7.26. The summed E-state index contributed by atoms with van der Waals surface area (Å²) in [6, 6.07) is 14.5. The standard InChI is InChI=1S/C22H23F3N4O/c23-22(24,25)30-17-7-8-19-18(12-17)20(27-10-9-26)13-21(28-19)29-11-3-6-15-4-1-2-5-16(15)14-29/h1-2,4-5,7-8,12-13H,3,6,9-11,14,26H2,(H,27,28). The first kappa shape index (κ1) is 20.3. The summed E-state index contributed by atoms with van der Waals surface area (Å²) in [5.41, 5.74) is 9.52. The fourth-order valence-corrected chi connectivity index (χ4v) is 3.80. The number of aromatic nitrogens is 1. The van der Waals surface area contributed by atoms with Gasteiger partial charge in [0.25, 0.3) is 0 Å². The van der Waals surface area contributed by atoms with Gasteiger partial charge in [0, 0.05) is 43.3 Å². The van der Waals surface area contributed by atoms with E-state index in [1.165, 1.54) is 23.3 Å². The minimum absolute atomic E-state index is 0.274. The number of hydrogen-bond acceptors (Lipinski definition) is 5. The van der Waals surface area contributed by atoms with E-state index in [1.807, 2.05) is 12.1 Å². The molecule has 0 unspecified atom stereocenters. The Kier molecular flexibility index (Phi) is 5.67. The largest absolute Gasteiger partial charge is 0.573 e. The Morgan fingerprint density at radius 3 is 2.67 bits per heavy atom. The zero-order valence-corrected chi connectivity index (χ0v) is 16.4. The average molecular weight is 416 g/mol. The summed E-state index contributed by atoms with van der Waals surface area (Å²) >= 11 is 0. The molecule has 0 radical (unpaired) electrons. The smallest absolute Gasteiger partial charge is 0.406 e. The van der Waals surface area contributed by atoms with Gasteiger partial charge in [0.2, 0.25) is 0 Å². The van der Waals surface area contributed by atoms with Crippen LogP contribution in [0, 0.1) is 0 Å². The van der Waals surface area contributed by atoms with Gasteiger partial charge in [-0.05, 0) is 42.2 Å². The molecule has 158 valence electrons. The van der Waals surface area contributed by atoms with Gasteiger partial charge in [0.05, 0.1) is 5.52 Å². The molecule has 3 N–H and O–H groups in total. The Labute approximate surface area is 172 Å². The summed E-state index contributed by atoms with van der Waals surface area (Å²) in [4.78, 5) is 6.95. The second kappa shape index (κ2) is 8.39. The number of nitrogens with two attached hydrogens (primary N) is 1. The van der Waals surface area contributed by atoms with Gasteiger partial charge in [-0.1, -0.05) is 24.3 Å². The van der Waals surface area contributed by atoms with Crippen LogP contribution in [0.1, 0.15) is 17.5 Å². The molecule has 5 nitrogen and oxygen atoms in total. The van der Waals surface area contributed by atoms with Crippen molar-refractivity contribution >= 4 is 22.4 Å². The van der Waals surface area contributed by atoms with Crippen LogP contribution < -0.4 is 20.7 Å². The Hall–Kier alpha value is -3.00. The quantitative estimate of drug-likeness (QED) is 0.643. The number of fused-ring (bicyclic) bond motifs is 2. The first-order valence-electron chi connectivity index (χ1n) is 9.89. The first-order valence-corrected chi connectivity index (χ1v) is 9.89. The van der Waals surface area contributed by atoms with E-state index in [4.69, 9.17) is 10.7 Å². The summed E-state index contributed by atoms with van der Waals surface area (Å²) in [5, 5.41) is 3.77. The molecular weight excluding hydrogens is 393 g/mol. The van der Waals surface area contributed by atoms with E-state index >= 15 is 0 Å². The normalized spacial score (nSPS) is 14.3. The average Bonchev–Trinajstić information content (AvgIpc) is 2.93. The molecular formula is C22H23F3N4O. The van der Waals surface area contributed by atoms with E-state index in [-0.39, 0.29) is 5.75 Å². The zero-order valence-electron chi connectivity index (χ0n) is 16.4. The summed E-state index contributed by atoms with van der Waals surface area (Å²) in [5.74, 6) is 0.507. The summed E-state index contributed by atoms with van der Waals surface area (Å²) < 4.78 is 42.0. The van der Waals surface area contributed by atoms with Crippen molar-refractivity contribution in [2.75, 3.05) is 29.9 Å². The van der Waals surface area contributed by atoms with E-state index in [0.717, 1.165) is 31.7 Å². The number of benzene rings is 2. The van der Waals surface area contributed by atoms with Gasteiger partial charge in [-0.3, -0.25) is 0 Å². The van der Waals surface area contributed by atoms with Crippen LogP contribution in [0.3, 0.4) is 0 Å². The Morgan fingerprint density at radius 2 is 1.90 bits per heavy atom. The van der Waals surface area contributed by atoms with Crippen LogP contribution in [0.15, 0.2) is 48.5 Å². The topological polar surface area (TPSA) is 63.4 Å². The molecule has 30 heavy (non-hydrogen) atoms. The molecule has 2 heterocycles. The number of aryl methyl sites for hydroxylation is 1. The van der Waals surface area contributed by atoms with Crippen molar-refractivity contribution in [1.29, 1.82) is 0 Å². The third-order valence-electron chi connectivity index (χ3n) is 5.14. The molecule has 0 amide bonds. The van der Waals surface area contributed by atoms with Crippen molar-refractivity contribution in [3.8, 4) is 5.75 Å². The van der Waals surface area contributed by atoms with Crippen molar-refractivity contribution in [1.82, 2.24) is 4.98 Å². The van der Waals surface area contributed by atoms with Crippen molar-refractivity contribution in [3.05, 3.63) is 59.7 Å². The number of nitrogens with zero attached hydrogens (tertiary/aromatic N) is 2. The molecule has 0 aliphatic carbocycles. The summed E-state index contributed by atoms with van der Waals surface area (Å²) in [7, 11) is 0. The summed E-state index contributed by atoms with van der Waals surface area (Å²) in [6.45, 7) is 2.47. The maximum Gasteiger partial charge on any atom is 0.573 e. The van der Waals surface area contributed by atoms with Gasteiger partial charge in [0.1, 0.15) is 11.6 Å². The lowest BCUT2D eigenvalue weighted by Gasteiger charge is -2.24. The Bertz CT molecular complexity index is 1040. The molecule has 2 aromatic carbocycles. The second-order valence-electron chi connectivity index (χ2n) is 7.26.